The summed E-state index contributed by atoms with van der Waals surface area (Å²) >= 11 is 0. The van der Waals surface area contributed by atoms with Crippen LogP contribution in [-0.4, -0.2) is 73.7 Å². The second-order valence-electron chi connectivity index (χ2n) is 15.0. The van der Waals surface area contributed by atoms with E-state index in [1.807, 2.05) is 13.8 Å². The molecule has 0 N–H and O–H groups in total. The van der Waals surface area contributed by atoms with Crippen LogP contribution in [0.2, 0.25) is 0 Å². The van der Waals surface area contributed by atoms with Gasteiger partial charge < -0.3 is 23.7 Å². The molecular formula is C37H62F6O10. The maximum Gasteiger partial charge on any atom is 0.425 e. The molecule has 53 heavy (non-hydrogen) atoms. The van der Waals surface area contributed by atoms with E-state index in [4.69, 9.17) is 4.74 Å². The molecule has 1 aliphatic carbocycles. The van der Waals surface area contributed by atoms with Crippen molar-refractivity contribution in [1.82, 2.24) is 0 Å². The van der Waals surface area contributed by atoms with Crippen LogP contribution in [0, 0.1) is 16.2 Å². The van der Waals surface area contributed by atoms with E-state index in [1.165, 1.54) is 32.1 Å². The lowest BCUT2D eigenvalue weighted by Crippen LogP contribution is -2.40. The topological polar surface area (TPSA) is 132 Å². The zero-order valence-corrected chi connectivity index (χ0v) is 33.3. The molecule has 0 bridgehead atoms. The fourth-order valence-electron chi connectivity index (χ4n) is 3.99. The first kappa shape index (κ1) is 52.0. The zero-order valence-electron chi connectivity index (χ0n) is 33.3. The summed E-state index contributed by atoms with van der Waals surface area (Å²) in [6.45, 7) is 15.5. The molecule has 312 valence electrons. The van der Waals surface area contributed by atoms with Gasteiger partial charge in [0.05, 0.1) is 16.2 Å². The number of alkyl halides is 6. The number of hydrogen-bond donors (Lipinski definition) is 0. The van der Waals surface area contributed by atoms with Crippen molar-refractivity contribution in [2.45, 2.75) is 171 Å². The fourth-order valence-corrected chi connectivity index (χ4v) is 3.99. The van der Waals surface area contributed by atoms with E-state index in [0.717, 1.165) is 25.7 Å². The number of carbonyl (C=O) groups excluding carboxylic acids is 5. The molecule has 0 spiro atoms. The number of rotatable bonds is 14. The van der Waals surface area contributed by atoms with Crippen LogP contribution >= 0.6 is 0 Å². The van der Waals surface area contributed by atoms with E-state index >= 15 is 0 Å². The van der Waals surface area contributed by atoms with Crippen molar-refractivity contribution in [3.05, 3.63) is 0 Å². The Labute approximate surface area is 310 Å². The summed E-state index contributed by atoms with van der Waals surface area (Å²) < 4.78 is 94.3. The summed E-state index contributed by atoms with van der Waals surface area (Å²) in [7, 11) is 0. The van der Waals surface area contributed by atoms with Crippen molar-refractivity contribution in [2.24, 2.45) is 16.2 Å². The van der Waals surface area contributed by atoms with Gasteiger partial charge >= 0.3 is 42.2 Å². The van der Waals surface area contributed by atoms with Crippen LogP contribution in [0.4, 0.5) is 26.3 Å². The molecule has 10 nitrogen and oxygen atoms in total. The molecule has 0 radical (unpaired) electrons. The van der Waals surface area contributed by atoms with Gasteiger partial charge in [0.15, 0.2) is 25.9 Å². The predicted octanol–water partition coefficient (Wildman–Crippen LogP) is 9.39. The highest BCUT2D eigenvalue weighted by atomic mass is 19.4. The molecule has 1 aliphatic rings. The summed E-state index contributed by atoms with van der Waals surface area (Å²) in [5, 5.41) is 0. The molecule has 16 heteroatoms. The second kappa shape index (κ2) is 23.0. The van der Waals surface area contributed by atoms with Crippen molar-refractivity contribution in [3.63, 3.8) is 0 Å². The Morgan fingerprint density at radius 1 is 0.585 bits per heavy atom. The molecule has 0 amide bonds. The predicted molar refractivity (Wildman–Crippen MR) is 184 cm³/mol. The van der Waals surface area contributed by atoms with E-state index in [-0.39, 0.29) is 17.0 Å². The number of ether oxygens (including phenoxy) is 5. The van der Waals surface area contributed by atoms with Gasteiger partial charge in [0.1, 0.15) is 5.60 Å². The van der Waals surface area contributed by atoms with Crippen molar-refractivity contribution in [2.75, 3.05) is 19.8 Å². The first-order valence-corrected chi connectivity index (χ1v) is 18.1. The van der Waals surface area contributed by atoms with Crippen molar-refractivity contribution in [1.29, 1.82) is 0 Å². The first-order chi connectivity index (χ1) is 24.0. The Kier molecular flexibility index (Phi) is 22.6. The lowest BCUT2D eigenvalue weighted by atomic mass is 9.83. The highest BCUT2D eigenvalue weighted by molar-refractivity contribution is 5.80. The Bertz CT molecular complexity index is 1140. The average Bonchev–Trinajstić information content (AvgIpc) is 3.05. The van der Waals surface area contributed by atoms with Gasteiger partial charge in [-0.1, -0.05) is 47.0 Å². The minimum absolute atomic E-state index is 0.00702. The van der Waals surface area contributed by atoms with E-state index in [1.54, 1.807) is 41.5 Å². The normalized spacial score (nSPS) is 15.7. The van der Waals surface area contributed by atoms with Gasteiger partial charge in [-0.15, -0.1) is 0 Å². The Morgan fingerprint density at radius 2 is 0.962 bits per heavy atom. The van der Waals surface area contributed by atoms with Gasteiger partial charge in [-0.2, -0.15) is 26.3 Å². The maximum absolute atomic E-state index is 12.3. The Morgan fingerprint density at radius 3 is 1.32 bits per heavy atom. The van der Waals surface area contributed by atoms with Gasteiger partial charge in [-0.05, 0) is 99.8 Å². The van der Waals surface area contributed by atoms with E-state index in [0.29, 0.717) is 19.8 Å². The van der Waals surface area contributed by atoms with Crippen LogP contribution in [0.5, 0.6) is 0 Å². The zero-order chi connectivity index (χ0) is 41.9. The van der Waals surface area contributed by atoms with E-state index in [2.05, 4.69) is 32.8 Å². The van der Waals surface area contributed by atoms with Gasteiger partial charge in [0.25, 0.3) is 0 Å². The summed E-state index contributed by atoms with van der Waals surface area (Å²) in [5.74, 6) is -3.75. The quantitative estimate of drug-likeness (QED) is 0.0955. The van der Waals surface area contributed by atoms with E-state index < -0.39 is 73.0 Å². The Balaban J connectivity index is 0. The Hall–Kier alpha value is -3.07. The molecule has 1 unspecified atom stereocenters. The fraction of sp³-hybridized carbons (Fsp3) is 0.865. The monoisotopic (exact) mass is 780 g/mol. The van der Waals surface area contributed by atoms with E-state index in [9.17, 15) is 50.3 Å². The van der Waals surface area contributed by atoms with Gasteiger partial charge in [-0.3, -0.25) is 14.4 Å². The number of hydrogen-bond acceptors (Lipinski definition) is 10. The minimum Gasteiger partial charge on any atom is -0.459 e. The average molecular weight is 781 g/mol. The molecule has 0 aliphatic heterocycles. The van der Waals surface area contributed by atoms with Gasteiger partial charge in [0.2, 0.25) is 0 Å². The van der Waals surface area contributed by atoms with Crippen molar-refractivity contribution in [3.8, 4) is 0 Å². The third-order valence-corrected chi connectivity index (χ3v) is 9.34. The van der Waals surface area contributed by atoms with Crippen LogP contribution in [0.15, 0.2) is 0 Å². The lowest BCUT2D eigenvalue weighted by Gasteiger charge is -2.37. The lowest BCUT2D eigenvalue weighted by molar-refractivity contribution is -0.218. The van der Waals surface area contributed by atoms with Crippen LogP contribution in [-0.2, 0) is 47.7 Å². The molecule has 1 saturated carbocycles. The van der Waals surface area contributed by atoms with Crippen LogP contribution in [0.25, 0.3) is 0 Å². The SMILES string of the molecule is CCC(C)(C)C(=O)OCC(=O)OC(C)C(F)(F)F.CCC(C)(C)C(=O)OCC(=O)OCC(F)(F)F.CCC1(OC(=O)C(C)(C)CC)CCCCCCC1. The van der Waals surface area contributed by atoms with Crippen molar-refractivity contribution < 1.29 is 74.0 Å². The van der Waals surface area contributed by atoms with Crippen LogP contribution < -0.4 is 0 Å². The molecule has 0 aromatic carbocycles. The molecule has 0 heterocycles. The van der Waals surface area contributed by atoms with Gasteiger partial charge in [-0.25, -0.2) is 9.59 Å². The standard InChI is InChI=1S/C16H30O2.C11H17F3O4.C10H15F3O4/c1-5-15(3,4)14(17)18-16(6-2)12-10-8-7-9-11-13-16;1-5-10(3,4)9(16)17-6-8(15)18-7(2)11(12,13)14;1-4-9(2,3)8(15)16-5-7(14)17-6-10(11,12)13/h5-13H2,1-4H3;7H,5-6H2,1-4H3;4-6H2,1-3H3. The molecule has 1 fully saturated rings. The highest BCUT2D eigenvalue weighted by Crippen LogP contribution is 2.35. The molecule has 0 aromatic heterocycles. The smallest absolute Gasteiger partial charge is 0.425 e. The number of esters is 5. The largest absolute Gasteiger partial charge is 0.459 e. The summed E-state index contributed by atoms with van der Waals surface area (Å²) in [4.78, 5) is 56.9. The maximum atomic E-state index is 12.3. The first-order valence-electron chi connectivity index (χ1n) is 18.1. The molecular weight excluding hydrogens is 718 g/mol. The van der Waals surface area contributed by atoms with Crippen LogP contribution in [0.1, 0.15) is 147 Å². The third-order valence-electron chi connectivity index (χ3n) is 9.34. The number of carbonyl (C=O) groups is 5. The highest BCUT2D eigenvalue weighted by Gasteiger charge is 2.40. The second-order valence-corrected chi connectivity index (χ2v) is 15.0. The van der Waals surface area contributed by atoms with Crippen LogP contribution in [0.3, 0.4) is 0 Å². The molecule has 1 atom stereocenters. The van der Waals surface area contributed by atoms with Crippen molar-refractivity contribution >= 4 is 29.8 Å². The summed E-state index contributed by atoms with van der Waals surface area (Å²) in [6.07, 6.45) is -0.229. The summed E-state index contributed by atoms with van der Waals surface area (Å²) in [6, 6.07) is 0. The minimum atomic E-state index is -4.62. The molecule has 1 rings (SSSR count). The molecule has 0 aromatic rings. The summed E-state index contributed by atoms with van der Waals surface area (Å²) in [5.41, 5.74) is -2.07. The van der Waals surface area contributed by atoms with Gasteiger partial charge in [0, 0.05) is 0 Å². The third kappa shape index (κ3) is 22.0. The molecule has 0 saturated heterocycles. The number of halogens is 6.